The Morgan fingerprint density at radius 2 is 1.83 bits per heavy atom. The minimum Gasteiger partial charge on any atom is -0.490 e. The van der Waals surface area contributed by atoms with Crippen LogP contribution in [0.4, 0.5) is 10.1 Å². The minimum atomic E-state index is -0.933. The van der Waals surface area contributed by atoms with Crippen molar-refractivity contribution in [3.8, 4) is 5.75 Å². The summed E-state index contributed by atoms with van der Waals surface area (Å²) in [5.74, 6) is 0.307. The standard InChI is InChI=1S/C24H30FNO3/c1-5-18(4)29-22-16(2)14-19(15-17(22)3)26-23(27)24(10-12-28-13-11-24)20-8-6-7-9-21(20)25/h6-9,14-15,18H,5,10-13H2,1-4H3,(H,26,27). The van der Waals surface area contributed by atoms with Gasteiger partial charge in [0, 0.05) is 24.5 Å². The topological polar surface area (TPSA) is 47.6 Å². The van der Waals surface area contributed by atoms with Gasteiger partial charge in [0.25, 0.3) is 0 Å². The van der Waals surface area contributed by atoms with Crippen LogP contribution in [-0.4, -0.2) is 25.2 Å². The largest absolute Gasteiger partial charge is 0.490 e. The third kappa shape index (κ3) is 4.45. The zero-order valence-corrected chi connectivity index (χ0v) is 17.7. The van der Waals surface area contributed by atoms with E-state index in [9.17, 15) is 9.18 Å². The highest BCUT2D eigenvalue weighted by atomic mass is 19.1. The quantitative estimate of drug-likeness (QED) is 0.716. The molecule has 1 atom stereocenters. The molecule has 0 saturated carbocycles. The number of rotatable bonds is 6. The zero-order valence-electron chi connectivity index (χ0n) is 17.7. The van der Waals surface area contributed by atoms with Crippen molar-refractivity contribution < 1.29 is 18.7 Å². The first-order valence-electron chi connectivity index (χ1n) is 10.3. The van der Waals surface area contributed by atoms with E-state index in [-0.39, 0.29) is 17.8 Å². The lowest BCUT2D eigenvalue weighted by molar-refractivity contribution is -0.125. The fourth-order valence-electron chi connectivity index (χ4n) is 3.93. The predicted molar refractivity (Wildman–Crippen MR) is 113 cm³/mol. The van der Waals surface area contributed by atoms with Crippen molar-refractivity contribution in [1.82, 2.24) is 0 Å². The molecule has 0 spiro atoms. The van der Waals surface area contributed by atoms with Crippen LogP contribution in [0.2, 0.25) is 0 Å². The molecular weight excluding hydrogens is 369 g/mol. The minimum absolute atomic E-state index is 0.124. The summed E-state index contributed by atoms with van der Waals surface area (Å²) in [7, 11) is 0. The van der Waals surface area contributed by atoms with E-state index in [0.717, 1.165) is 23.3 Å². The summed E-state index contributed by atoms with van der Waals surface area (Å²) in [6.45, 7) is 8.93. The van der Waals surface area contributed by atoms with Gasteiger partial charge >= 0.3 is 0 Å². The van der Waals surface area contributed by atoms with Gasteiger partial charge in [0.2, 0.25) is 5.91 Å². The van der Waals surface area contributed by atoms with E-state index in [1.54, 1.807) is 18.2 Å². The highest BCUT2D eigenvalue weighted by molar-refractivity contribution is 5.99. The van der Waals surface area contributed by atoms with E-state index < -0.39 is 5.41 Å². The predicted octanol–water partition coefficient (Wildman–Crippen LogP) is 5.31. The number of hydrogen-bond acceptors (Lipinski definition) is 3. The molecular formula is C24H30FNO3. The first-order chi connectivity index (χ1) is 13.9. The highest BCUT2D eigenvalue weighted by Gasteiger charge is 2.43. The number of nitrogens with one attached hydrogen (secondary N) is 1. The van der Waals surface area contributed by atoms with Gasteiger partial charge in [-0.1, -0.05) is 25.1 Å². The lowest BCUT2D eigenvalue weighted by Gasteiger charge is -2.36. The van der Waals surface area contributed by atoms with Crippen molar-refractivity contribution in [2.45, 2.75) is 58.5 Å². The van der Waals surface area contributed by atoms with E-state index in [1.807, 2.05) is 32.9 Å². The van der Waals surface area contributed by atoms with Crippen molar-refractivity contribution in [2.75, 3.05) is 18.5 Å². The number of carbonyl (C=O) groups excluding carboxylic acids is 1. The third-order valence-corrected chi connectivity index (χ3v) is 5.78. The van der Waals surface area contributed by atoms with Crippen LogP contribution in [0.25, 0.3) is 0 Å². The van der Waals surface area contributed by atoms with Crippen molar-refractivity contribution >= 4 is 11.6 Å². The summed E-state index contributed by atoms with van der Waals surface area (Å²) >= 11 is 0. The molecule has 1 aliphatic heterocycles. The molecule has 2 aromatic rings. The van der Waals surface area contributed by atoms with E-state index in [4.69, 9.17) is 9.47 Å². The maximum absolute atomic E-state index is 14.6. The summed E-state index contributed by atoms with van der Waals surface area (Å²) in [6, 6.07) is 10.4. The lowest BCUT2D eigenvalue weighted by Crippen LogP contribution is -2.45. The second-order valence-electron chi connectivity index (χ2n) is 7.90. The molecule has 4 nitrogen and oxygen atoms in total. The van der Waals surface area contributed by atoms with Crippen LogP contribution in [0.1, 0.15) is 49.8 Å². The number of carbonyl (C=O) groups is 1. The Kier molecular flexibility index (Phi) is 6.58. The van der Waals surface area contributed by atoms with Gasteiger partial charge < -0.3 is 14.8 Å². The molecule has 2 aromatic carbocycles. The van der Waals surface area contributed by atoms with Gasteiger partial charge in [-0.15, -0.1) is 0 Å². The monoisotopic (exact) mass is 399 g/mol. The van der Waals surface area contributed by atoms with Crippen molar-refractivity contribution in [3.05, 3.63) is 58.9 Å². The van der Waals surface area contributed by atoms with Gasteiger partial charge in [-0.05, 0) is 69.4 Å². The summed E-state index contributed by atoms with van der Waals surface area (Å²) in [5, 5.41) is 3.04. The molecule has 1 amide bonds. The van der Waals surface area contributed by atoms with Gasteiger partial charge in [0.05, 0.1) is 11.5 Å². The first-order valence-corrected chi connectivity index (χ1v) is 10.3. The molecule has 0 bridgehead atoms. The summed E-state index contributed by atoms with van der Waals surface area (Å²) < 4.78 is 26.1. The molecule has 1 N–H and O–H groups in total. The number of ether oxygens (including phenoxy) is 2. The molecule has 1 fully saturated rings. The number of anilines is 1. The van der Waals surface area contributed by atoms with Crippen LogP contribution in [-0.2, 0) is 14.9 Å². The maximum atomic E-state index is 14.6. The number of benzene rings is 2. The highest BCUT2D eigenvalue weighted by Crippen LogP contribution is 2.38. The average molecular weight is 400 g/mol. The van der Waals surface area contributed by atoms with Crippen LogP contribution in [0, 0.1) is 19.7 Å². The van der Waals surface area contributed by atoms with Crippen LogP contribution in [0.15, 0.2) is 36.4 Å². The molecule has 29 heavy (non-hydrogen) atoms. The van der Waals surface area contributed by atoms with Crippen molar-refractivity contribution in [2.24, 2.45) is 0 Å². The molecule has 1 unspecified atom stereocenters. The maximum Gasteiger partial charge on any atom is 0.235 e. The SMILES string of the molecule is CCC(C)Oc1c(C)cc(NC(=O)C2(c3ccccc3F)CCOCC2)cc1C. The van der Waals surface area contributed by atoms with E-state index in [2.05, 4.69) is 12.2 Å². The van der Waals surface area contributed by atoms with Gasteiger partial charge in [-0.25, -0.2) is 4.39 Å². The molecule has 156 valence electrons. The smallest absolute Gasteiger partial charge is 0.235 e. The Labute approximate surface area is 172 Å². The molecule has 0 aromatic heterocycles. The molecule has 5 heteroatoms. The van der Waals surface area contributed by atoms with E-state index >= 15 is 0 Å². The van der Waals surface area contributed by atoms with Crippen LogP contribution >= 0.6 is 0 Å². The number of amides is 1. The Balaban J connectivity index is 1.90. The summed E-state index contributed by atoms with van der Waals surface area (Å²) in [4.78, 5) is 13.4. The number of aryl methyl sites for hydroxylation is 2. The lowest BCUT2D eigenvalue weighted by atomic mass is 9.73. The number of halogens is 1. The molecule has 0 aliphatic carbocycles. The Hall–Kier alpha value is -2.40. The fourth-order valence-corrected chi connectivity index (χ4v) is 3.93. The molecule has 1 aliphatic rings. The number of hydrogen-bond donors (Lipinski definition) is 1. The zero-order chi connectivity index (χ0) is 21.0. The first kappa shape index (κ1) is 21.3. The van der Waals surface area contributed by atoms with E-state index in [1.165, 1.54) is 6.07 Å². The molecule has 1 saturated heterocycles. The molecule has 3 rings (SSSR count). The van der Waals surface area contributed by atoms with Gasteiger partial charge in [-0.2, -0.15) is 0 Å². The second-order valence-corrected chi connectivity index (χ2v) is 7.90. The summed E-state index contributed by atoms with van der Waals surface area (Å²) in [5.41, 5.74) is 2.13. The molecule has 0 radical (unpaired) electrons. The van der Waals surface area contributed by atoms with Crippen molar-refractivity contribution in [1.29, 1.82) is 0 Å². The fraction of sp³-hybridized carbons (Fsp3) is 0.458. The van der Waals surface area contributed by atoms with Crippen LogP contribution in [0.5, 0.6) is 5.75 Å². The summed E-state index contributed by atoms with van der Waals surface area (Å²) in [6.07, 6.45) is 1.95. The van der Waals surface area contributed by atoms with Crippen LogP contribution < -0.4 is 10.1 Å². The molecule has 1 heterocycles. The second kappa shape index (κ2) is 8.95. The Morgan fingerprint density at radius 3 is 2.41 bits per heavy atom. The Morgan fingerprint density at radius 1 is 1.21 bits per heavy atom. The normalized spacial score (nSPS) is 16.9. The van der Waals surface area contributed by atoms with Crippen LogP contribution in [0.3, 0.4) is 0 Å². The third-order valence-electron chi connectivity index (χ3n) is 5.78. The average Bonchev–Trinajstić information content (AvgIpc) is 2.71. The van der Waals surface area contributed by atoms with Crippen molar-refractivity contribution in [3.63, 3.8) is 0 Å². The van der Waals surface area contributed by atoms with Gasteiger partial charge in [0.15, 0.2) is 0 Å². The van der Waals surface area contributed by atoms with E-state index in [0.29, 0.717) is 37.3 Å². The van der Waals surface area contributed by atoms with Gasteiger partial charge in [-0.3, -0.25) is 4.79 Å². The van der Waals surface area contributed by atoms with Gasteiger partial charge in [0.1, 0.15) is 11.6 Å². The Bertz CT molecular complexity index is 851.